The molecule has 28 heavy (non-hydrogen) atoms. The van der Waals surface area contributed by atoms with Crippen LogP contribution in [0.25, 0.3) is 0 Å². The van der Waals surface area contributed by atoms with Crippen LogP contribution >= 0.6 is 0 Å². The Kier molecular flexibility index (Phi) is 6.87. The van der Waals surface area contributed by atoms with E-state index < -0.39 is 0 Å². The lowest BCUT2D eigenvalue weighted by molar-refractivity contribution is 0.122. The number of hydrogen-bond acceptors (Lipinski definition) is 3. The minimum atomic E-state index is -0.195. The smallest absolute Gasteiger partial charge is 0.191 e. The number of nitrogens with one attached hydrogen (secondary N) is 2. The second kappa shape index (κ2) is 9.55. The lowest BCUT2D eigenvalue weighted by atomic mass is 10.1. The third-order valence-electron chi connectivity index (χ3n) is 4.99. The number of morpholine rings is 1. The lowest BCUT2D eigenvalue weighted by Gasteiger charge is -2.29. The van der Waals surface area contributed by atoms with E-state index in [-0.39, 0.29) is 5.82 Å². The number of aliphatic imine (C=N–C) groups is 1. The van der Waals surface area contributed by atoms with Crippen molar-refractivity contribution in [2.45, 2.75) is 26.9 Å². The molecule has 1 heterocycles. The Labute approximate surface area is 166 Å². The molecule has 0 aromatic heterocycles. The summed E-state index contributed by atoms with van der Waals surface area (Å²) in [5.41, 5.74) is 5.26. The molecule has 0 amide bonds. The Morgan fingerprint density at radius 2 is 1.82 bits per heavy atom. The number of aryl methyl sites for hydroxylation is 2. The lowest BCUT2D eigenvalue weighted by Crippen LogP contribution is -2.37. The molecule has 0 unspecified atom stereocenters. The van der Waals surface area contributed by atoms with Gasteiger partial charge in [0.25, 0.3) is 0 Å². The number of rotatable bonds is 5. The van der Waals surface area contributed by atoms with Gasteiger partial charge in [-0.3, -0.25) is 4.99 Å². The maximum absolute atomic E-state index is 14.5. The van der Waals surface area contributed by atoms with Gasteiger partial charge in [0, 0.05) is 33.2 Å². The molecule has 3 rings (SSSR count). The zero-order chi connectivity index (χ0) is 19.9. The van der Waals surface area contributed by atoms with E-state index in [4.69, 9.17) is 4.74 Å². The third-order valence-corrected chi connectivity index (χ3v) is 4.99. The molecule has 5 nitrogen and oxygen atoms in total. The molecule has 2 aromatic rings. The predicted octanol–water partition coefficient (Wildman–Crippen LogP) is 3.14. The van der Waals surface area contributed by atoms with Crippen LogP contribution in [0.3, 0.4) is 0 Å². The van der Waals surface area contributed by atoms with E-state index in [1.165, 1.54) is 16.7 Å². The summed E-state index contributed by atoms with van der Waals surface area (Å²) in [6.07, 6.45) is 0. The summed E-state index contributed by atoms with van der Waals surface area (Å²) in [5, 5.41) is 6.57. The Morgan fingerprint density at radius 3 is 2.50 bits per heavy atom. The van der Waals surface area contributed by atoms with Crippen molar-refractivity contribution in [2.24, 2.45) is 4.99 Å². The van der Waals surface area contributed by atoms with Gasteiger partial charge in [0.1, 0.15) is 5.82 Å². The number of benzene rings is 2. The highest BCUT2D eigenvalue weighted by Gasteiger charge is 2.15. The van der Waals surface area contributed by atoms with Crippen molar-refractivity contribution in [3.63, 3.8) is 0 Å². The van der Waals surface area contributed by atoms with Gasteiger partial charge >= 0.3 is 0 Å². The van der Waals surface area contributed by atoms with E-state index in [1.54, 1.807) is 13.1 Å². The topological polar surface area (TPSA) is 48.9 Å². The first-order valence-corrected chi connectivity index (χ1v) is 9.68. The number of halogens is 1. The number of nitrogens with zero attached hydrogens (tertiary/aromatic N) is 2. The van der Waals surface area contributed by atoms with Crippen molar-refractivity contribution in [1.82, 2.24) is 10.6 Å². The highest BCUT2D eigenvalue weighted by Crippen LogP contribution is 2.21. The van der Waals surface area contributed by atoms with Crippen LogP contribution in [0.4, 0.5) is 10.1 Å². The molecule has 1 fully saturated rings. The van der Waals surface area contributed by atoms with Crippen molar-refractivity contribution in [1.29, 1.82) is 0 Å². The summed E-state index contributed by atoms with van der Waals surface area (Å²) in [6.45, 7) is 8.14. The molecule has 0 saturated carbocycles. The molecule has 0 spiro atoms. The predicted molar refractivity (Wildman–Crippen MR) is 112 cm³/mol. The monoisotopic (exact) mass is 384 g/mol. The minimum absolute atomic E-state index is 0.195. The van der Waals surface area contributed by atoms with Crippen molar-refractivity contribution >= 4 is 11.6 Å². The first kappa shape index (κ1) is 20.1. The van der Waals surface area contributed by atoms with Crippen LogP contribution in [0, 0.1) is 19.7 Å². The van der Waals surface area contributed by atoms with Crippen molar-refractivity contribution in [3.8, 4) is 0 Å². The SMILES string of the molecule is CN=C(NCc1ccc(N2CCOCC2)c(F)c1)NCc1ccc(C)cc1C. The molecule has 1 aliphatic heterocycles. The van der Waals surface area contributed by atoms with Gasteiger partial charge in [0.05, 0.1) is 18.9 Å². The summed E-state index contributed by atoms with van der Waals surface area (Å²) in [4.78, 5) is 6.29. The van der Waals surface area contributed by atoms with Gasteiger partial charge in [-0.1, -0.05) is 29.8 Å². The van der Waals surface area contributed by atoms with E-state index in [2.05, 4.69) is 47.7 Å². The second-order valence-electron chi connectivity index (χ2n) is 7.09. The van der Waals surface area contributed by atoms with Gasteiger partial charge in [-0.05, 0) is 42.7 Å². The third kappa shape index (κ3) is 5.23. The van der Waals surface area contributed by atoms with Gasteiger partial charge in [0.15, 0.2) is 5.96 Å². The first-order chi connectivity index (χ1) is 13.6. The maximum atomic E-state index is 14.5. The average molecular weight is 384 g/mol. The summed E-state index contributed by atoms with van der Waals surface area (Å²) in [7, 11) is 1.74. The maximum Gasteiger partial charge on any atom is 0.191 e. The summed E-state index contributed by atoms with van der Waals surface area (Å²) in [6, 6.07) is 11.8. The zero-order valence-electron chi connectivity index (χ0n) is 16.9. The summed E-state index contributed by atoms with van der Waals surface area (Å²) in [5.74, 6) is 0.497. The van der Waals surface area contributed by atoms with Crippen LogP contribution < -0.4 is 15.5 Å². The molecule has 2 aromatic carbocycles. The molecule has 1 saturated heterocycles. The van der Waals surface area contributed by atoms with Gasteiger partial charge in [-0.15, -0.1) is 0 Å². The molecular weight excluding hydrogens is 355 g/mol. The standard InChI is InChI=1S/C22H29FN4O/c1-16-4-6-19(17(2)12-16)15-26-22(24-3)25-14-18-5-7-21(20(23)13-18)27-8-10-28-11-9-27/h4-7,12-13H,8-11,14-15H2,1-3H3,(H2,24,25,26). The number of guanidine groups is 1. The average Bonchev–Trinajstić information content (AvgIpc) is 2.70. The number of anilines is 1. The fourth-order valence-corrected chi connectivity index (χ4v) is 3.35. The minimum Gasteiger partial charge on any atom is -0.378 e. The Balaban J connectivity index is 1.55. The van der Waals surface area contributed by atoms with Gasteiger partial charge in [0.2, 0.25) is 0 Å². The first-order valence-electron chi connectivity index (χ1n) is 9.68. The molecule has 0 aliphatic carbocycles. The van der Waals surface area contributed by atoms with Crippen molar-refractivity contribution in [3.05, 3.63) is 64.5 Å². The molecule has 1 aliphatic rings. The molecule has 6 heteroatoms. The van der Waals surface area contributed by atoms with E-state index in [9.17, 15) is 4.39 Å². The normalized spacial score (nSPS) is 14.9. The molecule has 2 N–H and O–H groups in total. The Morgan fingerprint density at radius 1 is 1.07 bits per heavy atom. The Hall–Kier alpha value is -2.60. The van der Waals surface area contributed by atoms with Crippen LogP contribution in [0.2, 0.25) is 0 Å². The van der Waals surface area contributed by atoms with E-state index in [0.717, 1.165) is 18.7 Å². The van der Waals surface area contributed by atoms with Gasteiger partial charge in [-0.25, -0.2) is 4.39 Å². The number of hydrogen-bond donors (Lipinski definition) is 2. The fourth-order valence-electron chi connectivity index (χ4n) is 3.35. The second-order valence-corrected chi connectivity index (χ2v) is 7.09. The highest BCUT2D eigenvalue weighted by molar-refractivity contribution is 5.79. The van der Waals surface area contributed by atoms with Gasteiger partial charge in [-0.2, -0.15) is 0 Å². The molecule has 0 bridgehead atoms. The van der Waals surface area contributed by atoms with Crippen molar-refractivity contribution < 1.29 is 9.13 Å². The largest absolute Gasteiger partial charge is 0.378 e. The molecule has 0 atom stereocenters. The molecule has 0 radical (unpaired) electrons. The Bertz CT molecular complexity index is 831. The molecule has 150 valence electrons. The summed E-state index contributed by atoms with van der Waals surface area (Å²) >= 11 is 0. The highest BCUT2D eigenvalue weighted by atomic mass is 19.1. The van der Waals surface area contributed by atoms with Crippen LogP contribution in [-0.2, 0) is 17.8 Å². The number of ether oxygens (including phenoxy) is 1. The quantitative estimate of drug-likeness (QED) is 0.614. The fraction of sp³-hybridized carbons (Fsp3) is 0.409. The van der Waals surface area contributed by atoms with Crippen LogP contribution in [-0.4, -0.2) is 39.3 Å². The van der Waals surface area contributed by atoms with Crippen molar-refractivity contribution in [2.75, 3.05) is 38.3 Å². The van der Waals surface area contributed by atoms with E-state index >= 15 is 0 Å². The van der Waals surface area contributed by atoms with Crippen LogP contribution in [0.5, 0.6) is 0 Å². The van der Waals surface area contributed by atoms with Crippen LogP contribution in [0.15, 0.2) is 41.4 Å². The summed E-state index contributed by atoms with van der Waals surface area (Å²) < 4.78 is 19.9. The molecular formula is C22H29FN4O. The van der Waals surface area contributed by atoms with E-state index in [0.29, 0.717) is 38.0 Å². The zero-order valence-corrected chi connectivity index (χ0v) is 16.9. The van der Waals surface area contributed by atoms with Gasteiger partial charge < -0.3 is 20.3 Å². The van der Waals surface area contributed by atoms with E-state index in [1.807, 2.05) is 17.0 Å². The van der Waals surface area contributed by atoms with Crippen LogP contribution in [0.1, 0.15) is 22.3 Å².